The predicted molar refractivity (Wildman–Crippen MR) is 134 cm³/mol. The first-order chi connectivity index (χ1) is 15.9. The van der Waals surface area contributed by atoms with Gasteiger partial charge in [0, 0.05) is 16.0 Å². The number of esters is 1. The molecule has 1 atom stereocenters. The van der Waals surface area contributed by atoms with Gasteiger partial charge in [-0.2, -0.15) is 0 Å². The highest BCUT2D eigenvalue weighted by molar-refractivity contribution is 6.31. The molecule has 0 aliphatic rings. The summed E-state index contributed by atoms with van der Waals surface area (Å²) in [5.41, 5.74) is 4.83. The van der Waals surface area contributed by atoms with Gasteiger partial charge in [-0.25, -0.2) is 9.78 Å². The molecule has 33 heavy (non-hydrogen) atoms. The number of aliphatic hydroxyl groups excluding tert-OH is 1. The van der Waals surface area contributed by atoms with Gasteiger partial charge in [0.15, 0.2) is 0 Å². The smallest absolute Gasteiger partial charge is 0.338 e. The van der Waals surface area contributed by atoms with Crippen LogP contribution in [-0.4, -0.2) is 23.2 Å². The van der Waals surface area contributed by atoms with Crippen LogP contribution < -0.4 is 0 Å². The summed E-state index contributed by atoms with van der Waals surface area (Å²) in [6.45, 7) is 5.99. The molecule has 5 heteroatoms. The van der Waals surface area contributed by atoms with Crippen LogP contribution in [0.2, 0.25) is 5.02 Å². The van der Waals surface area contributed by atoms with Gasteiger partial charge in [-0.3, -0.25) is 0 Å². The summed E-state index contributed by atoms with van der Waals surface area (Å²) in [5.74, 6) is -0.409. The summed E-state index contributed by atoms with van der Waals surface area (Å²) in [7, 11) is 1.33. The lowest BCUT2D eigenvalue weighted by molar-refractivity contribution is 0.0593. The first-order valence-electron chi connectivity index (χ1n) is 10.6. The molecule has 0 saturated carbocycles. The maximum atomic E-state index is 11.3. The Morgan fingerprint density at radius 3 is 2.39 bits per heavy atom. The monoisotopic (exact) mass is 459 g/mol. The van der Waals surface area contributed by atoms with Gasteiger partial charge in [-0.1, -0.05) is 85.8 Å². The molecule has 0 spiro atoms. The molecule has 4 rings (SSSR count). The van der Waals surface area contributed by atoms with Crippen molar-refractivity contribution in [2.75, 3.05) is 7.11 Å². The molecule has 1 heterocycles. The van der Waals surface area contributed by atoms with Crippen molar-refractivity contribution < 1.29 is 14.6 Å². The van der Waals surface area contributed by atoms with E-state index in [4.69, 9.17) is 11.6 Å². The van der Waals surface area contributed by atoms with Gasteiger partial charge in [0.2, 0.25) is 0 Å². The maximum absolute atomic E-state index is 11.3. The summed E-state index contributed by atoms with van der Waals surface area (Å²) >= 11 is 6.01. The highest BCUT2D eigenvalue weighted by atomic mass is 35.5. The third-order valence-electron chi connectivity index (χ3n) is 5.20. The number of fused-ring (bicyclic) bond motifs is 1. The number of halogens is 1. The molecule has 0 amide bonds. The number of ether oxygens (including phenoxy) is 1. The fraction of sp³-hybridized carbons (Fsp3) is 0.143. The first kappa shape index (κ1) is 24.2. The molecular formula is C28H26ClNO3. The van der Waals surface area contributed by atoms with Crippen molar-refractivity contribution in [3.05, 3.63) is 119 Å². The van der Waals surface area contributed by atoms with Crippen LogP contribution >= 0.6 is 11.6 Å². The minimum absolute atomic E-state index is 0.409. The van der Waals surface area contributed by atoms with E-state index in [-0.39, 0.29) is 0 Å². The lowest BCUT2D eigenvalue weighted by atomic mass is 10.0. The largest absolute Gasteiger partial charge is 0.465 e. The number of hydrogen-bond acceptors (Lipinski definition) is 4. The molecule has 1 aromatic heterocycles. The van der Waals surface area contributed by atoms with Gasteiger partial charge in [-0.15, -0.1) is 0 Å². The molecule has 0 radical (unpaired) electrons. The number of methoxy groups -OCH3 is 1. The second-order valence-corrected chi connectivity index (χ2v) is 7.82. The van der Waals surface area contributed by atoms with Crippen molar-refractivity contribution in [2.24, 2.45) is 0 Å². The number of nitrogens with zero attached hydrogens (tertiary/aromatic N) is 1. The van der Waals surface area contributed by atoms with Gasteiger partial charge in [0.1, 0.15) is 0 Å². The van der Waals surface area contributed by atoms with E-state index in [0.717, 1.165) is 27.7 Å². The second-order valence-electron chi connectivity index (χ2n) is 7.38. The van der Waals surface area contributed by atoms with E-state index in [1.807, 2.05) is 67.6 Å². The van der Waals surface area contributed by atoms with Crippen LogP contribution in [0, 0.1) is 0 Å². The zero-order valence-corrected chi connectivity index (χ0v) is 19.4. The van der Waals surface area contributed by atoms with E-state index in [2.05, 4.69) is 16.3 Å². The van der Waals surface area contributed by atoms with Crippen LogP contribution in [0.15, 0.2) is 91.5 Å². The Kier molecular flexibility index (Phi) is 8.36. The molecule has 1 N–H and O–H groups in total. The summed E-state index contributed by atoms with van der Waals surface area (Å²) in [6, 6.07) is 26.7. The average Bonchev–Trinajstić information content (AvgIpc) is 2.87. The Balaban J connectivity index is 0.000000196. The molecular weight excluding hydrogens is 434 g/mol. The summed E-state index contributed by atoms with van der Waals surface area (Å²) < 4.78 is 4.62. The summed E-state index contributed by atoms with van der Waals surface area (Å²) in [4.78, 5) is 15.9. The normalized spacial score (nSPS) is 11.3. The minimum Gasteiger partial charge on any atom is -0.465 e. The molecule has 0 saturated heterocycles. The van der Waals surface area contributed by atoms with Gasteiger partial charge < -0.3 is 9.84 Å². The van der Waals surface area contributed by atoms with Gasteiger partial charge in [0.25, 0.3) is 0 Å². The lowest BCUT2D eigenvalue weighted by Gasteiger charge is -2.11. The van der Waals surface area contributed by atoms with Gasteiger partial charge in [0.05, 0.1) is 30.0 Å². The number of carbonyl (C=O) groups is 1. The van der Waals surface area contributed by atoms with Gasteiger partial charge in [-0.05, 0) is 41.8 Å². The Hall–Kier alpha value is -3.47. The Morgan fingerprint density at radius 2 is 1.70 bits per heavy atom. The van der Waals surface area contributed by atoms with Crippen LogP contribution in [0.25, 0.3) is 16.5 Å². The minimum atomic E-state index is -0.606. The van der Waals surface area contributed by atoms with Crippen molar-refractivity contribution in [1.29, 1.82) is 0 Å². The van der Waals surface area contributed by atoms with E-state index in [1.165, 1.54) is 7.11 Å². The first-order valence-corrected chi connectivity index (χ1v) is 11.0. The number of rotatable bonds is 5. The van der Waals surface area contributed by atoms with Gasteiger partial charge >= 0.3 is 5.97 Å². The highest BCUT2D eigenvalue weighted by Crippen LogP contribution is 2.24. The van der Waals surface area contributed by atoms with E-state index >= 15 is 0 Å². The van der Waals surface area contributed by atoms with Crippen LogP contribution in [0.3, 0.4) is 0 Å². The number of aliphatic hydroxyl groups is 1. The molecule has 0 aliphatic heterocycles. The Morgan fingerprint density at radius 1 is 1.03 bits per heavy atom. The molecule has 4 nitrogen and oxygen atoms in total. The SMILES string of the molecule is C=C(c1ccccc1)c1ccc2ccc(Cl)cc2n1.CCC(O)c1ccccc1C(=O)OC. The van der Waals surface area contributed by atoms with Crippen LogP contribution in [0.1, 0.15) is 46.6 Å². The lowest BCUT2D eigenvalue weighted by Crippen LogP contribution is -2.08. The van der Waals surface area contributed by atoms with E-state index in [0.29, 0.717) is 22.6 Å². The second kappa shape index (κ2) is 11.4. The summed E-state index contributed by atoms with van der Waals surface area (Å²) in [5, 5.41) is 11.4. The van der Waals surface area contributed by atoms with Crippen LogP contribution in [0.4, 0.5) is 0 Å². The molecule has 3 aromatic carbocycles. The van der Waals surface area contributed by atoms with E-state index < -0.39 is 12.1 Å². The quantitative estimate of drug-likeness (QED) is 0.331. The zero-order valence-electron chi connectivity index (χ0n) is 18.7. The number of benzene rings is 3. The highest BCUT2D eigenvalue weighted by Gasteiger charge is 2.15. The maximum Gasteiger partial charge on any atom is 0.338 e. The molecule has 168 valence electrons. The fourth-order valence-corrected chi connectivity index (χ4v) is 3.52. The number of hydrogen-bond donors (Lipinski definition) is 1. The topological polar surface area (TPSA) is 59.4 Å². The Labute approximate surface area is 199 Å². The Bertz CT molecular complexity index is 1250. The average molecular weight is 460 g/mol. The third kappa shape index (κ3) is 6.07. The van der Waals surface area contributed by atoms with Crippen LogP contribution in [0.5, 0.6) is 0 Å². The van der Waals surface area contributed by atoms with Crippen LogP contribution in [-0.2, 0) is 4.74 Å². The van der Waals surface area contributed by atoms with E-state index in [9.17, 15) is 9.90 Å². The van der Waals surface area contributed by atoms with Crippen molar-refractivity contribution in [3.8, 4) is 0 Å². The van der Waals surface area contributed by atoms with E-state index in [1.54, 1.807) is 24.3 Å². The molecule has 0 bridgehead atoms. The molecule has 4 aromatic rings. The summed E-state index contributed by atoms with van der Waals surface area (Å²) in [6.07, 6.45) is -0.0288. The number of pyridine rings is 1. The molecule has 0 aliphatic carbocycles. The fourth-order valence-electron chi connectivity index (χ4n) is 3.35. The predicted octanol–water partition coefficient (Wildman–Crippen LogP) is 6.87. The van der Waals surface area contributed by atoms with Crippen molar-refractivity contribution >= 4 is 34.0 Å². The van der Waals surface area contributed by atoms with Crippen molar-refractivity contribution in [1.82, 2.24) is 4.98 Å². The standard InChI is InChI=1S/C17H12ClN.C11H14O3/c1-12(13-5-3-2-4-6-13)16-10-8-14-7-9-15(18)11-17(14)19-16;1-3-10(12)8-6-4-5-7-9(8)11(13)14-2/h2-11H,1H2;4-7,10,12H,3H2,1-2H3. The molecule has 0 fully saturated rings. The zero-order chi connectivity index (χ0) is 23.8. The third-order valence-corrected chi connectivity index (χ3v) is 5.43. The number of aromatic nitrogens is 1. The number of carbonyl (C=O) groups excluding carboxylic acids is 1. The van der Waals surface area contributed by atoms with Crippen molar-refractivity contribution in [3.63, 3.8) is 0 Å². The van der Waals surface area contributed by atoms with Crippen molar-refractivity contribution in [2.45, 2.75) is 19.4 Å². The molecule has 1 unspecified atom stereocenters.